The fourth-order valence-corrected chi connectivity index (χ4v) is 4.46. The molecule has 3 nitrogen and oxygen atoms in total. The van der Waals surface area contributed by atoms with Crippen LogP contribution >= 0.6 is 0 Å². The Hall–Kier alpha value is -2.29. The van der Waals surface area contributed by atoms with Crippen molar-refractivity contribution in [3.05, 3.63) is 76.6 Å². The standard InChI is InChI=1S/C22H24N.C11H20O2.Ir/c1-14(2)10-20-17(5)22(18-12-15(3)11-16(4)13-18)23-21-9-7-6-8-19(20)21;1-8(2)5-10(12)7-11(13)6-9(3)4;/h6-9,11-12,14H,10H2,1-5H3;7-9,12H,5-6H2,1-4H3;/q-1;;/b;10-7-;. The molecule has 3 rings (SSSR count). The zero-order valence-corrected chi connectivity index (χ0v) is 26.4. The van der Waals surface area contributed by atoms with E-state index in [1.807, 2.05) is 27.7 Å². The number of aliphatic hydroxyl groups excluding tert-OH is 1. The van der Waals surface area contributed by atoms with Crippen molar-refractivity contribution in [1.29, 1.82) is 0 Å². The molecule has 0 aliphatic carbocycles. The van der Waals surface area contributed by atoms with Crippen LogP contribution in [0.3, 0.4) is 0 Å². The quantitative estimate of drug-likeness (QED) is 0.147. The SMILES string of the molecule is CC(C)CC(=O)/C=C(\O)CC(C)C.Cc1[c-]c(-c2nc3ccccc3c(CC(C)C)c2C)cc(C)c1.[Ir]. The predicted molar refractivity (Wildman–Crippen MR) is 153 cm³/mol. The van der Waals surface area contributed by atoms with E-state index in [-0.39, 0.29) is 31.6 Å². The molecule has 1 N–H and O–H groups in total. The Morgan fingerprint density at radius 3 is 2.14 bits per heavy atom. The zero-order valence-electron chi connectivity index (χ0n) is 24.0. The Balaban J connectivity index is 0.000000423. The second-order valence-electron chi connectivity index (χ2n) is 11.2. The summed E-state index contributed by atoms with van der Waals surface area (Å²) in [6.45, 7) is 19.0. The minimum absolute atomic E-state index is 0. The van der Waals surface area contributed by atoms with Gasteiger partial charge in [0.2, 0.25) is 0 Å². The van der Waals surface area contributed by atoms with Crippen LogP contribution < -0.4 is 0 Å². The summed E-state index contributed by atoms with van der Waals surface area (Å²) in [5.41, 5.74) is 8.40. The van der Waals surface area contributed by atoms with Gasteiger partial charge in [0.1, 0.15) is 0 Å². The Bertz CT molecular complexity index is 1190. The number of hydrogen-bond acceptors (Lipinski definition) is 3. The molecule has 0 bridgehead atoms. The van der Waals surface area contributed by atoms with Crippen LogP contribution in [-0.4, -0.2) is 15.9 Å². The van der Waals surface area contributed by atoms with E-state index in [1.54, 1.807) is 0 Å². The fourth-order valence-electron chi connectivity index (χ4n) is 4.46. The van der Waals surface area contributed by atoms with Crippen molar-refractivity contribution in [3.63, 3.8) is 0 Å². The molecule has 1 radical (unpaired) electrons. The number of ketones is 1. The number of rotatable bonds is 8. The van der Waals surface area contributed by atoms with Gasteiger partial charge in [-0.05, 0) is 48.4 Å². The van der Waals surface area contributed by atoms with Gasteiger partial charge in [0.25, 0.3) is 0 Å². The van der Waals surface area contributed by atoms with Crippen molar-refractivity contribution in [2.75, 3.05) is 0 Å². The van der Waals surface area contributed by atoms with Crippen molar-refractivity contribution in [1.82, 2.24) is 4.98 Å². The summed E-state index contributed by atoms with van der Waals surface area (Å²) in [6.07, 6.45) is 3.54. The number of benzene rings is 2. The molecule has 4 heteroatoms. The number of hydrogen-bond donors (Lipinski definition) is 1. The van der Waals surface area contributed by atoms with Crippen molar-refractivity contribution in [2.24, 2.45) is 17.8 Å². The zero-order chi connectivity index (χ0) is 27.0. The number of allylic oxidation sites excluding steroid dienone is 2. The molecule has 2 aromatic carbocycles. The van der Waals surface area contributed by atoms with Crippen LogP contribution in [0.15, 0.2) is 48.2 Å². The van der Waals surface area contributed by atoms with Crippen molar-refractivity contribution in [3.8, 4) is 11.3 Å². The fraction of sp³-hybridized carbons (Fsp3) is 0.455. The van der Waals surface area contributed by atoms with Crippen molar-refractivity contribution >= 4 is 16.7 Å². The Kier molecular flexibility index (Phi) is 13.4. The van der Waals surface area contributed by atoms with Gasteiger partial charge in [-0.3, -0.25) is 9.78 Å². The normalized spacial score (nSPS) is 11.5. The molecule has 0 spiro atoms. The van der Waals surface area contributed by atoms with Gasteiger partial charge in [0.15, 0.2) is 5.78 Å². The second kappa shape index (κ2) is 15.2. The van der Waals surface area contributed by atoms with E-state index in [4.69, 9.17) is 4.98 Å². The number of nitrogens with zero attached hydrogens (tertiary/aromatic N) is 1. The predicted octanol–water partition coefficient (Wildman–Crippen LogP) is 8.91. The molecule has 0 aliphatic heterocycles. The van der Waals surface area contributed by atoms with Gasteiger partial charge in [-0.2, -0.15) is 0 Å². The summed E-state index contributed by atoms with van der Waals surface area (Å²) in [5, 5.41) is 10.6. The maximum Gasteiger partial charge on any atom is 0.159 e. The van der Waals surface area contributed by atoms with Gasteiger partial charge in [0.05, 0.1) is 11.3 Å². The number of aryl methyl sites for hydroxylation is 2. The molecule has 0 amide bonds. The third-order valence-electron chi connectivity index (χ3n) is 5.84. The molecular formula is C33H44IrNO2-. The van der Waals surface area contributed by atoms with Crippen LogP contribution in [-0.2, 0) is 31.3 Å². The minimum Gasteiger partial charge on any atom is -0.512 e. The van der Waals surface area contributed by atoms with Crippen LogP contribution in [0, 0.1) is 44.6 Å². The summed E-state index contributed by atoms with van der Waals surface area (Å²) < 4.78 is 0. The molecule has 0 atom stereocenters. The number of pyridine rings is 1. The second-order valence-corrected chi connectivity index (χ2v) is 11.2. The van der Waals surface area contributed by atoms with Gasteiger partial charge in [-0.25, -0.2) is 0 Å². The van der Waals surface area contributed by atoms with Crippen LogP contribution in [0.25, 0.3) is 22.2 Å². The van der Waals surface area contributed by atoms with Crippen molar-refractivity contribution < 1.29 is 30.0 Å². The molecule has 203 valence electrons. The van der Waals surface area contributed by atoms with Crippen LogP contribution in [0.1, 0.15) is 76.6 Å². The Morgan fingerprint density at radius 2 is 1.57 bits per heavy atom. The molecular weight excluding hydrogens is 635 g/mol. The number of carbonyl (C=O) groups excluding carboxylic acids is 1. The van der Waals surface area contributed by atoms with Gasteiger partial charge < -0.3 is 5.11 Å². The number of fused-ring (bicyclic) bond motifs is 1. The van der Waals surface area contributed by atoms with Crippen LogP contribution in [0.5, 0.6) is 0 Å². The maximum absolute atomic E-state index is 11.2. The van der Waals surface area contributed by atoms with Crippen molar-refractivity contribution in [2.45, 2.75) is 81.6 Å². The first-order valence-corrected chi connectivity index (χ1v) is 13.2. The van der Waals surface area contributed by atoms with E-state index in [0.29, 0.717) is 30.6 Å². The van der Waals surface area contributed by atoms with E-state index in [2.05, 4.69) is 77.1 Å². The van der Waals surface area contributed by atoms with E-state index < -0.39 is 0 Å². The van der Waals surface area contributed by atoms with Gasteiger partial charge >= 0.3 is 0 Å². The summed E-state index contributed by atoms with van der Waals surface area (Å²) in [5.74, 6) is 1.60. The average molecular weight is 679 g/mol. The molecule has 37 heavy (non-hydrogen) atoms. The molecule has 0 unspecified atom stereocenters. The summed E-state index contributed by atoms with van der Waals surface area (Å²) in [6, 6.07) is 16.3. The van der Waals surface area contributed by atoms with Gasteiger partial charge in [0, 0.05) is 44.4 Å². The Labute approximate surface area is 238 Å². The minimum atomic E-state index is 0. The molecule has 0 saturated carbocycles. The van der Waals surface area contributed by atoms with Crippen LogP contribution in [0.4, 0.5) is 0 Å². The molecule has 0 aliphatic rings. The third kappa shape index (κ3) is 10.5. The maximum atomic E-state index is 11.2. The van der Waals surface area contributed by atoms with E-state index in [0.717, 1.165) is 23.2 Å². The van der Waals surface area contributed by atoms with Gasteiger partial charge in [-0.1, -0.05) is 79.2 Å². The first kappa shape index (κ1) is 32.7. The molecule has 0 fully saturated rings. The van der Waals surface area contributed by atoms with Gasteiger partial charge in [-0.15, -0.1) is 34.9 Å². The largest absolute Gasteiger partial charge is 0.512 e. The number of carbonyl (C=O) groups is 1. The molecule has 1 aromatic heterocycles. The molecule has 1 heterocycles. The molecule has 0 saturated heterocycles. The number of para-hydroxylation sites is 1. The first-order chi connectivity index (χ1) is 16.9. The topological polar surface area (TPSA) is 50.2 Å². The van der Waals surface area contributed by atoms with Crippen LogP contribution in [0.2, 0.25) is 0 Å². The van der Waals surface area contributed by atoms with E-state index in [1.165, 1.54) is 33.7 Å². The summed E-state index contributed by atoms with van der Waals surface area (Å²) in [7, 11) is 0. The Morgan fingerprint density at radius 1 is 0.946 bits per heavy atom. The summed E-state index contributed by atoms with van der Waals surface area (Å²) in [4.78, 5) is 16.2. The smallest absolute Gasteiger partial charge is 0.159 e. The van der Waals surface area contributed by atoms with E-state index in [9.17, 15) is 9.90 Å². The number of aliphatic hydroxyl groups is 1. The average Bonchev–Trinajstić information content (AvgIpc) is 2.73. The molecule has 3 aromatic rings. The number of aromatic nitrogens is 1. The monoisotopic (exact) mass is 679 g/mol. The third-order valence-corrected chi connectivity index (χ3v) is 5.84. The first-order valence-electron chi connectivity index (χ1n) is 13.2. The van der Waals surface area contributed by atoms with E-state index >= 15 is 0 Å². The summed E-state index contributed by atoms with van der Waals surface area (Å²) >= 11 is 0.